The van der Waals surface area contributed by atoms with Crippen molar-refractivity contribution in [3.8, 4) is 0 Å². The quantitative estimate of drug-likeness (QED) is 0.706. The van der Waals surface area contributed by atoms with Crippen LogP contribution in [0.2, 0.25) is 0 Å². The van der Waals surface area contributed by atoms with Gasteiger partial charge in [-0.15, -0.1) is 11.3 Å². The predicted molar refractivity (Wildman–Crippen MR) is 26.9 cm³/mol. The summed E-state index contributed by atoms with van der Waals surface area (Å²) in [6.45, 7) is 1.99. The molecule has 0 N–H and O–H groups in total. The van der Waals surface area contributed by atoms with E-state index in [4.69, 9.17) is 0 Å². The summed E-state index contributed by atoms with van der Waals surface area (Å²) in [7, 11) is 0. The molecule has 0 aliphatic heterocycles. The van der Waals surface area contributed by atoms with Crippen LogP contribution in [0, 0.1) is 6.92 Å². The van der Waals surface area contributed by atoms with Crippen molar-refractivity contribution in [2.75, 3.05) is 0 Å². The van der Waals surface area contributed by atoms with Gasteiger partial charge in [-0.1, -0.05) is 0 Å². The van der Waals surface area contributed by atoms with Gasteiger partial charge in [0, 0.05) is 32.6 Å². The molecule has 1 nitrogen and oxygen atoms in total. The Morgan fingerprint density at radius 2 is 2.43 bits per heavy atom. The molecule has 0 saturated heterocycles. The molecule has 1 aromatic heterocycles. The van der Waals surface area contributed by atoms with Gasteiger partial charge in [0.25, 0.3) is 0 Å². The van der Waals surface area contributed by atoms with E-state index in [1.807, 2.05) is 12.3 Å². The van der Waals surface area contributed by atoms with Crippen LogP contribution in [0.4, 0.5) is 0 Å². The zero-order valence-electron chi connectivity index (χ0n) is 3.83. The first kappa shape index (κ1) is 7.32. The molecule has 42 valence electrons. The first-order valence-corrected chi connectivity index (χ1v) is 2.63. The minimum atomic E-state index is 0. The molecule has 3 heteroatoms. The largest absolute Gasteiger partial charge is 0.250 e. The fraction of sp³-hybridized carbons (Fsp3) is 0.250. The average Bonchev–Trinajstić information content (AvgIpc) is 1.86. The molecule has 7 heavy (non-hydrogen) atoms. The van der Waals surface area contributed by atoms with Crippen molar-refractivity contribution in [1.29, 1.82) is 0 Å². The number of nitrogens with zero attached hydrogens (tertiary/aromatic N) is 1. The molecule has 1 heterocycles. The molecule has 0 unspecified atom stereocenters. The Bertz CT molecular complexity index is 115. The van der Waals surface area contributed by atoms with Gasteiger partial charge >= 0.3 is 0 Å². The summed E-state index contributed by atoms with van der Waals surface area (Å²) in [6, 6.07) is 0. The molecule has 0 bridgehead atoms. The fourth-order valence-electron chi connectivity index (χ4n) is 0.295. The summed E-state index contributed by atoms with van der Waals surface area (Å²) < 4.78 is 0. The van der Waals surface area contributed by atoms with Crippen LogP contribution in [0.5, 0.6) is 0 Å². The number of rotatable bonds is 0. The molecular weight excluding hydrogens is 289 g/mol. The molecule has 1 aromatic rings. The van der Waals surface area contributed by atoms with Gasteiger partial charge in [-0.25, -0.2) is 0 Å². The predicted octanol–water partition coefficient (Wildman–Crippen LogP) is 1.45. The Hall–Kier alpha value is 0.318. The second-order valence-corrected chi connectivity index (χ2v) is 2.15. The molecule has 0 saturated carbocycles. The van der Waals surface area contributed by atoms with Gasteiger partial charge < -0.3 is 0 Å². The standard InChI is InChI=1S/C4H5NS.Pt/c1-4-5-2-3-6-4;/h2-3H,1H3;. The van der Waals surface area contributed by atoms with Gasteiger partial charge in [0.2, 0.25) is 0 Å². The van der Waals surface area contributed by atoms with Crippen LogP contribution in [0.15, 0.2) is 11.6 Å². The molecule has 0 radical (unpaired) electrons. The third-order valence-electron chi connectivity index (χ3n) is 0.556. The van der Waals surface area contributed by atoms with E-state index in [1.165, 1.54) is 0 Å². The summed E-state index contributed by atoms with van der Waals surface area (Å²) in [5.74, 6) is 0. The van der Waals surface area contributed by atoms with Crippen molar-refractivity contribution in [3.05, 3.63) is 16.6 Å². The normalized spacial score (nSPS) is 7.57. The SMILES string of the molecule is Cc1nccs1.[Pt]. The third-order valence-corrected chi connectivity index (χ3v) is 1.26. The van der Waals surface area contributed by atoms with Crippen LogP contribution < -0.4 is 0 Å². The topological polar surface area (TPSA) is 12.9 Å². The first-order valence-electron chi connectivity index (χ1n) is 1.75. The van der Waals surface area contributed by atoms with E-state index in [1.54, 1.807) is 17.5 Å². The van der Waals surface area contributed by atoms with Gasteiger partial charge in [-0.2, -0.15) is 0 Å². The Kier molecular flexibility index (Phi) is 3.49. The second kappa shape index (κ2) is 3.34. The fourth-order valence-corrected chi connectivity index (χ4v) is 0.735. The van der Waals surface area contributed by atoms with Gasteiger partial charge in [0.05, 0.1) is 5.01 Å². The van der Waals surface area contributed by atoms with Crippen molar-refractivity contribution in [3.63, 3.8) is 0 Å². The summed E-state index contributed by atoms with van der Waals surface area (Å²) in [5, 5.41) is 3.10. The smallest absolute Gasteiger partial charge is 0.0893 e. The van der Waals surface area contributed by atoms with Crippen LogP contribution in [-0.4, -0.2) is 4.98 Å². The maximum Gasteiger partial charge on any atom is 0.0893 e. The van der Waals surface area contributed by atoms with Crippen LogP contribution >= 0.6 is 11.3 Å². The Labute approximate surface area is 61.0 Å². The van der Waals surface area contributed by atoms with Crippen LogP contribution in [0.3, 0.4) is 0 Å². The number of aryl methyl sites for hydroxylation is 1. The van der Waals surface area contributed by atoms with Crippen molar-refractivity contribution in [2.45, 2.75) is 6.92 Å². The van der Waals surface area contributed by atoms with Crippen LogP contribution in [-0.2, 0) is 21.1 Å². The van der Waals surface area contributed by atoms with Gasteiger partial charge in [-0.3, -0.25) is 4.98 Å². The van der Waals surface area contributed by atoms with Gasteiger partial charge in [-0.05, 0) is 6.92 Å². The Balaban J connectivity index is 0.000000360. The van der Waals surface area contributed by atoms with E-state index in [2.05, 4.69) is 4.98 Å². The average molecular weight is 294 g/mol. The summed E-state index contributed by atoms with van der Waals surface area (Å²) >= 11 is 1.67. The van der Waals surface area contributed by atoms with E-state index in [-0.39, 0.29) is 21.1 Å². The Morgan fingerprint density at radius 1 is 1.71 bits per heavy atom. The minimum absolute atomic E-state index is 0. The van der Waals surface area contributed by atoms with Gasteiger partial charge in [0.15, 0.2) is 0 Å². The number of thiazole rings is 1. The molecule has 1 rings (SSSR count). The maximum absolute atomic E-state index is 3.94. The van der Waals surface area contributed by atoms with E-state index < -0.39 is 0 Å². The molecular formula is C4H5NPtS. The van der Waals surface area contributed by atoms with Crippen molar-refractivity contribution >= 4 is 11.3 Å². The number of aromatic nitrogens is 1. The summed E-state index contributed by atoms with van der Waals surface area (Å²) in [5.41, 5.74) is 0. The first-order chi connectivity index (χ1) is 2.89. The monoisotopic (exact) mass is 294 g/mol. The minimum Gasteiger partial charge on any atom is -0.250 e. The van der Waals surface area contributed by atoms with Gasteiger partial charge in [0.1, 0.15) is 0 Å². The maximum atomic E-state index is 3.94. The number of hydrogen-bond donors (Lipinski definition) is 0. The van der Waals surface area contributed by atoms with E-state index >= 15 is 0 Å². The molecule has 0 fully saturated rings. The van der Waals surface area contributed by atoms with E-state index in [0.29, 0.717) is 0 Å². The third kappa shape index (κ3) is 2.20. The van der Waals surface area contributed by atoms with Crippen molar-refractivity contribution in [2.24, 2.45) is 0 Å². The zero-order valence-corrected chi connectivity index (χ0v) is 6.92. The second-order valence-electron chi connectivity index (χ2n) is 1.05. The molecule has 0 aromatic carbocycles. The molecule has 0 amide bonds. The zero-order chi connectivity index (χ0) is 4.41. The van der Waals surface area contributed by atoms with E-state index in [0.717, 1.165) is 5.01 Å². The summed E-state index contributed by atoms with van der Waals surface area (Å²) in [6.07, 6.45) is 1.81. The Morgan fingerprint density at radius 3 is 2.57 bits per heavy atom. The van der Waals surface area contributed by atoms with E-state index in [9.17, 15) is 0 Å². The molecule has 0 aliphatic rings. The van der Waals surface area contributed by atoms with Crippen molar-refractivity contribution in [1.82, 2.24) is 4.98 Å². The molecule has 0 atom stereocenters. The molecule has 0 aliphatic carbocycles. The van der Waals surface area contributed by atoms with Crippen LogP contribution in [0.1, 0.15) is 5.01 Å². The molecule has 0 spiro atoms. The van der Waals surface area contributed by atoms with Crippen LogP contribution in [0.25, 0.3) is 0 Å². The number of hydrogen-bond acceptors (Lipinski definition) is 2. The summed E-state index contributed by atoms with van der Waals surface area (Å²) in [4.78, 5) is 3.94. The van der Waals surface area contributed by atoms with Crippen molar-refractivity contribution < 1.29 is 21.1 Å².